The third-order valence-electron chi connectivity index (χ3n) is 3.48. The fourth-order valence-electron chi connectivity index (χ4n) is 2.45. The highest BCUT2D eigenvalue weighted by molar-refractivity contribution is 9.10. The van der Waals surface area contributed by atoms with Crippen LogP contribution in [0.25, 0.3) is 0 Å². The molecule has 1 amide bonds. The molecule has 6 heteroatoms. The number of amides is 1. The van der Waals surface area contributed by atoms with Crippen LogP contribution < -0.4 is 10.6 Å². The third-order valence-corrected chi connectivity index (χ3v) is 5.15. The van der Waals surface area contributed by atoms with E-state index in [9.17, 15) is 4.79 Å². The molecule has 2 atom stereocenters. The molecule has 1 aromatic rings. The molecule has 0 saturated carbocycles. The molecule has 1 fully saturated rings. The molecule has 1 heterocycles. The summed E-state index contributed by atoms with van der Waals surface area (Å²) >= 11 is 5.06. The predicted molar refractivity (Wildman–Crippen MR) is 95.5 cm³/mol. The van der Waals surface area contributed by atoms with Gasteiger partial charge in [0.15, 0.2) is 0 Å². The van der Waals surface area contributed by atoms with Crippen molar-refractivity contribution >= 4 is 46.0 Å². The van der Waals surface area contributed by atoms with Crippen LogP contribution in [0, 0.1) is 6.92 Å². The number of nitrogens with one attached hydrogen (secondary N) is 2. The Morgan fingerprint density at radius 2 is 2.29 bits per heavy atom. The van der Waals surface area contributed by atoms with Gasteiger partial charge in [0, 0.05) is 21.5 Å². The fourth-order valence-corrected chi connectivity index (χ4v) is 3.75. The molecule has 1 aromatic carbocycles. The van der Waals surface area contributed by atoms with Crippen molar-refractivity contribution in [2.75, 3.05) is 12.3 Å². The minimum atomic E-state index is 0. The SMILES string of the molecule is Cc1cc(Br)ccc1SCC(=O)NC1CCNC(C)C1.Cl. The van der Waals surface area contributed by atoms with Crippen molar-refractivity contribution in [2.24, 2.45) is 0 Å². The summed E-state index contributed by atoms with van der Waals surface area (Å²) in [5.74, 6) is 0.622. The van der Waals surface area contributed by atoms with Crippen molar-refractivity contribution < 1.29 is 4.79 Å². The van der Waals surface area contributed by atoms with Gasteiger partial charge in [0.2, 0.25) is 5.91 Å². The first-order chi connectivity index (χ1) is 9.54. The zero-order valence-electron chi connectivity index (χ0n) is 12.3. The van der Waals surface area contributed by atoms with Gasteiger partial charge in [-0.3, -0.25) is 4.79 Å². The summed E-state index contributed by atoms with van der Waals surface area (Å²) in [6.07, 6.45) is 2.05. The van der Waals surface area contributed by atoms with E-state index in [1.807, 2.05) is 6.07 Å². The van der Waals surface area contributed by atoms with Gasteiger partial charge in [-0.1, -0.05) is 15.9 Å². The highest BCUT2D eigenvalue weighted by atomic mass is 79.9. The molecule has 1 aliphatic heterocycles. The first kappa shape index (κ1) is 18.8. The van der Waals surface area contributed by atoms with Crippen LogP contribution in [0.1, 0.15) is 25.3 Å². The molecule has 21 heavy (non-hydrogen) atoms. The Balaban J connectivity index is 0.00000220. The fraction of sp³-hybridized carbons (Fsp3) is 0.533. The van der Waals surface area contributed by atoms with Crippen LogP contribution in [-0.2, 0) is 4.79 Å². The van der Waals surface area contributed by atoms with Gasteiger partial charge in [-0.25, -0.2) is 0 Å². The Hall–Kier alpha value is -0.230. The molecule has 0 aromatic heterocycles. The van der Waals surface area contributed by atoms with E-state index in [-0.39, 0.29) is 18.3 Å². The Labute approximate surface area is 145 Å². The van der Waals surface area contributed by atoms with Crippen molar-refractivity contribution in [1.29, 1.82) is 0 Å². The maximum atomic E-state index is 12.0. The van der Waals surface area contributed by atoms with E-state index in [1.165, 1.54) is 10.5 Å². The predicted octanol–water partition coefficient (Wildman–Crippen LogP) is 3.53. The third kappa shape index (κ3) is 6.19. The van der Waals surface area contributed by atoms with E-state index in [1.54, 1.807) is 11.8 Å². The minimum Gasteiger partial charge on any atom is -0.353 e. The van der Waals surface area contributed by atoms with Gasteiger partial charge in [-0.2, -0.15) is 0 Å². The van der Waals surface area contributed by atoms with E-state index in [2.05, 4.69) is 52.5 Å². The van der Waals surface area contributed by atoms with Crippen LogP contribution >= 0.6 is 40.1 Å². The van der Waals surface area contributed by atoms with Gasteiger partial charge in [-0.05, 0) is 57.0 Å². The lowest BCUT2D eigenvalue weighted by molar-refractivity contribution is -0.119. The number of carbonyl (C=O) groups excluding carboxylic acids is 1. The highest BCUT2D eigenvalue weighted by Crippen LogP contribution is 2.25. The molecule has 0 aliphatic carbocycles. The van der Waals surface area contributed by atoms with E-state index in [0.29, 0.717) is 17.8 Å². The highest BCUT2D eigenvalue weighted by Gasteiger charge is 2.19. The van der Waals surface area contributed by atoms with Crippen LogP contribution in [0.3, 0.4) is 0 Å². The Morgan fingerprint density at radius 1 is 1.52 bits per heavy atom. The molecule has 2 rings (SSSR count). The largest absolute Gasteiger partial charge is 0.353 e. The van der Waals surface area contributed by atoms with Gasteiger partial charge in [0.05, 0.1) is 5.75 Å². The number of aryl methyl sites for hydroxylation is 1. The molecule has 2 N–H and O–H groups in total. The summed E-state index contributed by atoms with van der Waals surface area (Å²) in [6.45, 7) is 5.23. The number of thioether (sulfide) groups is 1. The maximum absolute atomic E-state index is 12.0. The van der Waals surface area contributed by atoms with Gasteiger partial charge >= 0.3 is 0 Å². The van der Waals surface area contributed by atoms with Crippen LogP contribution in [0.5, 0.6) is 0 Å². The molecule has 3 nitrogen and oxygen atoms in total. The number of benzene rings is 1. The molecule has 1 aliphatic rings. The summed E-state index contributed by atoms with van der Waals surface area (Å²) in [5.41, 5.74) is 1.20. The quantitative estimate of drug-likeness (QED) is 0.769. The van der Waals surface area contributed by atoms with E-state index >= 15 is 0 Å². The van der Waals surface area contributed by atoms with E-state index < -0.39 is 0 Å². The van der Waals surface area contributed by atoms with Crippen molar-refractivity contribution in [1.82, 2.24) is 10.6 Å². The maximum Gasteiger partial charge on any atom is 0.230 e. The summed E-state index contributed by atoms with van der Waals surface area (Å²) in [7, 11) is 0. The number of hydrogen-bond acceptors (Lipinski definition) is 3. The summed E-state index contributed by atoms with van der Waals surface area (Å²) in [5, 5.41) is 6.54. The summed E-state index contributed by atoms with van der Waals surface area (Å²) in [6, 6.07) is 6.97. The first-order valence-electron chi connectivity index (χ1n) is 6.96. The van der Waals surface area contributed by atoms with E-state index in [0.717, 1.165) is 23.9 Å². The zero-order chi connectivity index (χ0) is 14.5. The number of rotatable bonds is 4. The lowest BCUT2D eigenvalue weighted by Gasteiger charge is -2.28. The van der Waals surface area contributed by atoms with Crippen LogP contribution in [-0.4, -0.2) is 30.3 Å². The molecule has 0 radical (unpaired) electrons. The van der Waals surface area contributed by atoms with Gasteiger partial charge in [0.25, 0.3) is 0 Å². The molecule has 2 unspecified atom stereocenters. The second kappa shape index (κ2) is 9.03. The first-order valence-corrected chi connectivity index (χ1v) is 8.74. The smallest absolute Gasteiger partial charge is 0.230 e. The number of piperidine rings is 1. The topological polar surface area (TPSA) is 41.1 Å². The monoisotopic (exact) mass is 392 g/mol. The van der Waals surface area contributed by atoms with Gasteiger partial charge in [-0.15, -0.1) is 24.2 Å². The Bertz CT molecular complexity index is 487. The Morgan fingerprint density at radius 3 is 2.95 bits per heavy atom. The molecule has 0 spiro atoms. The average molecular weight is 394 g/mol. The molecule has 118 valence electrons. The summed E-state index contributed by atoms with van der Waals surface area (Å²) < 4.78 is 1.08. The summed E-state index contributed by atoms with van der Waals surface area (Å²) in [4.78, 5) is 13.2. The number of halogens is 2. The van der Waals surface area contributed by atoms with Crippen molar-refractivity contribution in [3.05, 3.63) is 28.2 Å². The second-order valence-electron chi connectivity index (χ2n) is 5.34. The number of carbonyl (C=O) groups is 1. The molecular weight excluding hydrogens is 372 g/mol. The standard InChI is InChI=1S/C15H21BrN2OS.ClH/c1-10-7-12(16)3-4-14(10)20-9-15(19)18-13-5-6-17-11(2)8-13;/h3-4,7,11,13,17H,5-6,8-9H2,1-2H3,(H,18,19);1H. The van der Waals surface area contributed by atoms with Crippen LogP contribution in [0.4, 0.5) is 0 Å². The number of hydrogen-bond donors (Lipinski definition) is 2. The second-order valence-corrected chi connectivity index (χ2v) is 7.28. The normalized spacial score (nSPS) is 21.5. The van der Waals surface area contributed by atoms with E-state index in [4.69, 9.17) is 0 Å². The lowest BCUT2D eigenvalue weighted by Crippen LogP contribution is -2.47. The molecule has 0 bridgehead atoms. The van der Waals surface area contributed by atoms with Gasteiger partial charge < -0.3 is 10.6 Å². The van der Waals surface area contributed by atoms with Crippen LogP contribution in [0.15, 0.2) is 27.6 Å². The van der Waals surface area contributed by atoms with Crippen molar-refractivity contribution in [2.45, 2.75) is 43.7 Å². The zero-order valence-corrected chi connectivity index (χ0v) is 15.5. The minimum absolute atomic E-state index is 0. The lowest BCUT2D eigenvalue weighted by atomic mass is 10.0. The molecule has 1 saturated heterocycles. The molecular formula is C15H22BrClN2OS. The van der Waals surface area contributed by atoms with Crippen LogP contribution in [0.2, 0.25) is 0 Å². The Kier molecular flexibility index (Phi) is 8.09. The average Bonchev–Trinajstić information content (AvgIpc) is 2.37. The van der Waals surface area contributed by atoms with Crippen molar-refractivity contribution in [3.63, 3.8) is 0 Å². The van der Waals surface area contributed by atoms with Crippen molar-refractivity contribution in [3.8, 4) is 0 Å². The van der Waals surface area contributed by atoms with Gasteiger partial charge in [0.1, 0.15) is 0 Å².